The van der Waals surface area contributed by atoms with Crippen molar-refractivity contribution >= 4 is 51.1 Å². The second-order valence-corrected chi connectivity index (χ2v) is 8.91. The molecule has 2 fully saturated rings. The van der Waals surface area contributed by atoms with Gasteiger partial charge in [-0.15, -0.1) is 11.8 Å². The second kappa shape index (κ2) is 6.99. The average molecular weight is 426 g/mol. The van der Waals surface area contributed by atoms with Crippen LogP contribution in [0, 0.1) is 6.92 Å². The normalized spacial score (nSPS) is 25.0. The van der Waals surface area contributed by atoms with Crippen LogP contribution in [0.15, 0.2) is 22.7 Å². The van der Waals surface area contributed by atoms with E-state index in [4.69, 9.17) is 0 Å². The number of aryl methyl sites for hydroxylation is 1. The lowest BCUT2D eigenvalue weighted by Gasteiger charge is -2.29. The summed E-state index contributed by atoms with van der Waals surface area (Å²) in [5.74, 6) is 0.0262. The van der Waals surface area contributed by atoms with Gasteiger partial charge in [0.2, 0.25) is 17.7 Å². The van der Waals surface area contributed by atoms with Crippen molar-refractivity contribution in [2.24, 2.45) is 0 Å². The van der Waals surface area contributed by atoms with Gasteiger partial charge in [-0.1, -0.05) is 15.9 Å². The third-order valence-electron chi connectivity index (χ3n) is 4.63. The Kier molecular flexibility index (Phi) is 5.11. The van der Waals surface area contributed by atoms with Crippen LogP contribution < -0.4 is 10.6 Å². The van der Waals surface area contributed by atoms with Crippen LogP contribution in [-0.2, 0) is 14.4 Å². The number of benzene rings is 1. The Bertz CT molecular complexity index is 742. The van der Waals surface area contributed by atoms with Crippen molar-refractivity contribution in [2.75, 3.05) is 17.6 Å². The summed E-state index contributed by atoms with van der Waals surface area (Å²) in [5, 5.41) is 5.44. The van der Waals surface area contributed by atoms with Crippen molar-refractivity contribution in [1.29, 1.82) is 0 Å². The maximum Gasteiger partial charge on any atom is 0.244 e. The maximum atomic E-state index is 12.4. The molecule has 2 aliphatic rings. The monoisotopic (exact) mass is 425 g/mol. The molecule has 25 heavy (non-hydrogen) atoms. The molecule has 0 spiro atoms. The number of hydrogen-bond acceptors (Lipinski definition) is 4. The molecule has 2 aliphatic heterocycles. The van der Waals surface area contributed by atoms with Crippen LogP contribution in [0.4, 0.5) is 5.69 Å². The van der Waals surface area contributed by atoms with Gasteiger partial charge in [0.05, 0.1) is 11.4 Å². The number of anilines is 1. The summed E-state index contributed by atoms with van der Waals surface area (Å²) in [4.78, 5) is 38.0. The first-order valence-corrected chi connectivity index (χ1v) is 9.88. The van der Waals surface area contributed by atoms with E-state index in [-0.39, 0.29) is 29.1 Å². The third kappa shape index (κ3) is 3.69. The topological polar surface area (TPSA) is 78.5 Å². The van der Waals surface area contributed by atoms with E-state index in [1.165, 1.54) is 0 Å². The summed E-state index contributed by atoms with van der Waals surface area (Å²) in [6.45, 7) is 3.78. The summed E-state index contributed by atoms with van der Waals surface area (Å²) in [6.07, 6.45) is 1.25. The number of amides is 3. The van der Waals surface area contributed by atoms with Gasteiger partial charge in [0.25, 0.3) is 0 Å². The minimum Gasteiger partial charge on any atom is -0.345 e. The summed E-state index contributed by atoms with van der Waals surface area (Å²) >= 11 is 5.01. The summed E-state index contributed by atoms with van der Waals surface area (Å²) in [7, 11) is 0. The lowest BCUT2D eigenvalue weighted by Crippen LogP contribution is -2.51. The molecule has 6 nitrogen and oxygen atoms in total. The summed E-state index contributed by atoms with van der Waals surface area (Å²) in [6, 6.07) is 5.06. The number of fused-ring (bicyclic) bond motifs is 1. The van der Waals surface area contributed by atoms with Gasteiger partial charge in [0.15, 0.2) is 0 Å². The molecule has 2 N–H and O–H groups in total. The van der Waals surface area contributed by atoms with E-state index < -0.39 is 6.04 Å². The van der Waals surface area contributed by atoms with E-state index in [2.05, 4.69) is 26.6 Å². The number of nitrogens with zero attached hydrogens (tertiary/aromatic N) is 1. The fourth-order valence-electron chi connectivity index (χ4n) is 3.26. The van der Waals surface area contributed by atoms with Crippen LogP contribution in [-0.4, -0.2) is 45.8 Å². The van der Waals surface area contributed by atoms with E-state index in [1.54, 1.807) is 22.7 Å². The Morgan fingerprint density at radius 1 is 1.44 bits per heavy atom. The molecule has 134 valence electrons. The highest BCUT2D eigenvalue weighted by Gasteiger charge is 2.52. The zero-order chi connectivity index (χ0) is 18.2. The molecule has 0 radical (unpaired) electrons. The van der Waals surface area contributed by atoms with Crippen molar-refractivity contribution in [3.63, 3.8) is 0 Å². The molecule has 8 heteroatoms. The number of halogens is 1. The van der Waals surface area contributed by atoms with Crippen LogP contribution in [0.1, 0.15) is 25.3 Å². The third-order valence-corrected chi connectivity index (χ3v) is 6.63. The summed E-state index contributed by atoms with van der Waals surface area (Å²) < 4.78 is 0.938. The highest BCUT2D eigenvalue weighted by Crippen LogP contribution is 2.47. The molecule has 1 aromatic carbocycles. The first-order chi connectivity index (χ1) is 11.8. The molecule has 2 atom stereocenters. The highest BCUT2D eigenvalue weighted by atomic mass is 79.9. The van der Waals surface area contributed by atoms with E-state index in [1.807, 2.05) is 26.0 Å². The number of rotatable bonds is 4. The molecule has 0 unspecified atom stereocenters. The first-order valence-electron chi connectivity index (χ1n) is 8.10. The van der Waals surface area contributed by atoms with Crippen molar-refractivity contribution in [3.05, 3.63) is 28.2 Å². The van der Waals surface area contributed by atoms with E-state index in [0.29, 0.717) is 17.9 Å². The Hall–Kier alpha value is -1.54. The van der Waals surface area contributed by atoms with Crippen LogP contribution in [0.3, 0.4) is 0 Å². The fraction of sp³-hybridized carbons (Fsp3) is 0.471. The van der Waals surface area contributed by atoms with Gasteiger partial charge in [0, 0.05) is 22.3 Å². The Labute approximate surface area is 159 Å². The van der Waals surface area contributed by atoms with Gasteiger partial charge < -0.3 is 15.5 Å². The van der Waals surface area contributed by atoms with Gasteiger partial charge >= 0.3 is 0 Å². The summed E-state index contributed by atoms with van der Waals surface area (Å²) in [5.41, 5.74) is 1.64. The number of nitrogens with one attached hydrogen (secondary N) is 2. The SMILES string of the molecule is Cc1cc(Br)ccc1NC(=O)CNC(=O)[C@@H]1CS[C@@]2(C)CCC(=O)N12. The molecular weight excluding hydrogens is 406 g/mol. The number of carbonyl (C=O) groups excluding carboxylic acids is 3. The van der Waals surface area contributed by atoms with Gasteiger partial charge in [-0.05, 0) is 44.0 Å². The minimum atomic E-state index is -0.493. The predicted molar refractivity (Wildman–Crippen MR) is 101 cm³/mol. The number of thioether (sulfide) groups is 1. The van der Waals surface area contributed by atoms with E-state index >= 15 is 0 Å². The van der Waals surface area contributed by atoms with Gasteiger partial charge in [-0.2, -0.15) is 0 Å². The largest absolute Gasteiger partial charge is 0.345 e. The molecule has 0 aromatic heterocycles. The van der Waals surface area contributed by atoms with Crippen LogP contribution >= 0.6 is 27.7 Å². The van der Waals surface area contributed by atoms with E-state index in [9.17, 15) is 14.4 Å². The molecule has 0 aliphatic carbocycles. The smallest absolute Gasteiger partial charge is 0.244 e. The molecule has 3 amide bonds. The van der Waals surface area contributed by atoms with Gasteiger partial charge in [-0.3, -0.25) is 14.4 Å². The van der Waals surface area contributed by atoms with Crippen molar-refractivity contribution in [3.8, 4) is 0 Å². The lowest BCUT2D eigenvalue weighted by atomic mass is 10.2. The highest BCUT2D eigenvalue weighted by molar-refractivity contribution is 9.10. The molecule has 2 heterocycles. The molecule has 2 saturated heterocycles. The van der Waals surface area contributed by atoms with Crippen molar-refractivity contribution in [1.82, 2.24) is 10.2 Å². The van der Waals surface area contributed by atoms with Crippen molar-refractivity contribution < 1.29 is 14.4 Å². The fourth-order valence-corrected chi connectivity index (χ4v) is 5.17. The van der Waals surface area contributed by atoms with Crippen LogP contribution in [0.2, 0.25) is 0 Å². The lowest BCUT2D eigenvalue weighted by molar-refractivity contribution is -0.138. The Morgan fingerprint density at radius 3 is 2.92 bits per heavy atom. The molecule has 0 bridgehead atoms. The molecule has 1 aromatic rings. The standard InChI is InChI=1S/C17H20BrN3O3S/c1-10-7-11(18)3-4-12(10)20-14(22)8-19-16(24)13-9-25-17(2)6-5-15(23)21(13)17/h3-4,7,13H,5-6,8-9H2,1-2H3,(H,19,24)(H,20,22)/t13-,17-/m0/s1. The first kappa shape index (κ1) is 18.3. The predicted octanol–water partition coefficient (Wildman–Crippen LogP) is 2.27. The Balaban J connectivity index is 1.55. The molecular formula is C17H20BrN3O3S. The zero-order valence-electron chi connectivity index (χ0n) is 14.1. The van der Waals surface area contributed by atoms with Gasteiger partial charge in [-0.25, -0.2) is 0 Å². The quantitative estimate of drug-likeness (QED) is 0.775. The zero-order valence-corrected chi connectivity index (χ0v) is 16.5. The maximum absolute atomic E-state index is 12.4. The molecule has 0 saturated carbocycles. The van der Waals surface area contributed by atoms with Crippen LogP contribution in [0.5, 0.6) is 0 Å². The number of hydrogen-bond donors (Lipinski definition) is 2. The Morgan fingerprint density at radius 2 is 2.20 bits per heavy atom. The average Bonchev–Trinajstić information content (AvgIpc) is 3.04. The molecule has 3 rings (SSSR count). The van der Waals surface area contributed by atoms with Crippen molar-refractivity contribution in [2.45, 2.75) is 37.6 Å². The number of carbonyl (C=O) groups is 3. The van der Waals surface area contributed by atoms with E-state index in [0.717, 1.165) is 16.5 Å². The minimum absolute atomic E-state index is 0.0163. The second-order valence-electron chi connectivity index (χ2n) is 6.49. The van der Waals surface area contributed by atoms with Crippen LogP contribution in [0.25, 0.3) is 0 Å². The van der Waals surface area contributed by atoms with Gasteiger partial charge in [0.1, 0.15) is 6.04 Å².